The van der Waals surface area contributed by atoms with Crippen LogP contribution in [0.15, 0.2) is 0 Å². The van der Waals surface area contributed by atoms with Crippen molar-refractivity contribution >= 4 is 6.09 Å². The van der Waals surface area contributed by atoms with Crippen LogP contribution in [0.2, 0.25) is 0 Å². The number of carbonyl (C=O) groups is 1. The molecule has 0 heterocycles. The number of hydrogen-bond acceptors (Lipinski definition) is 3. The second-order valence-electron chi connectivity index (χ2n) is 6.02. The quantitative estimate of drug-likeness (QED) is 0.798. The minimum absolute atomic E-state index is 0.313. The van der Waals surface area contributed by atoms with Crippen molar-refractivity contribution in [2.24, 2.45) is 17.6 Å². The maximum atomic E-state index is 11.5. The van der Waals surface area contributed by atoms with Gasteiger partial charge in [-0.1, -0.05) is 6.42 Å². The van der Waals surface area contributed by atoms with E-state index in [0.29, 0.717) is 18.4 Å². The number of nitrogens with one attached hydrogen (secondary N) is 1. The second kappa shape index (κ2) is 6.24. The maximum absolute atomic E-state index is 11.5. The number of hydrogen-bond donors (Lipinski definition) is 2. The van der Waals surface area contributed by atoms with Gasteiger partial charge in [-0.05, 0) is 58.4 Å². The molecule has 1 fully saturated rings. The highest BCUT2D eigenvalue weighted by molar-refractivity contribution is 5.67. The molecule has 2 atom stereocenters. The van der Waals surface area contributed by atoms with E-state index in [-0.39, 0.29) is 6.09 Å². The number of alkyl carbamates (subject to hydrolysis) is 1. The fourth-order valence-corrected chi connectivity index (χ4v) is 2.34. The molecule has 1 amide bonds. The summed E-state index contributed by atoms with van der Waals surface area (Å²) in [6, 6.07) is 0. The number of nitrogens with two attached hydrogens (primary N) is 1. The molecule has 0 radical (unpaired) electrons. The lowest BCUT2D eigenvalue weighted by atomic mass is 9.81. The molecule has 1 aliphatic rings. The summed E-state index contributed by atoms with van der Waals surface area (Å²) >= 11 is 0. The van der Waals surface area contributed by atoms with Gasteiger partial charge in [-0.25, -0.2) is 4.79 Å². The smallest absolute Gasteiger partial charge is 0.407 e. The van der Waals surface area contributed by atoms with Crippen LogP contribution in [0.3, 0.4) is 0 Å². The lowest BCUT2D eigenvalue weighted by Crippen LogP contribution is -2.37. The SMILES string of the molecule is CC(C)(C)OC(=O)NC[C@@H]1CCC[C@H](CN)C1. The van der Waals surface area contributed by atoms with Crippen LogP contribution >= 0.6 is 0 Å². The number of amides is 1. The summed E-state index contributed by atoms with van der Waals surface area (Å²) in [6.07, 6.45) is 4.47. The van der Waals surface area contributed by atoms with Crippen molar-refractivity contribution in [1.29, 1.82) is 0 Å². The highest BCUT2D eigenvalue weighted by atomic mass is 16.6. The van der Waals surface area contributed by atoms with E-state index in [2.05, 4.69) is 5.32 Å². The van der Waals surface area contributed by atoms with E-state index in [1.807, 2.05) is 20.8 Å². The Balaban J connectivity index is 2.23. The minimum Gasteiger partial charge on any atom is -0.444 e. The predicted molar refractivity (Wildman–Crippen MR) is 68.7 cm³/mol. The highest BCUT2D eigenvalue weighted by Crippen LogP contribution is 2.27. The maximum Gasteiger partial charge on any atom is 0.407 e. The van der Waals surface area contributed by atoms with Crippen LogP contribution in [0.25, 0.3) is 0 Å². The lowest BCUT2D eigenvalue weighted by molar-refractivity contribution is 0.0512. The minimum atomic E-state index is -0.420. The summed E-state index contributed by atoms with van der Waals surface area (Å²) in [5, 5.41) is 2.85. The first-order valence-electron chi connectivity index (χ1n) is 6.57. The van der Waals surface area contributed by atoms with Gasteiger partial charge >= 0.3 is 6.09 Å². The van der Waals surface area contributed by atoms with Gasteiger partial charge in [-0.3, -0.25) is 0 Å². The van der Waals surface area contributed by atoms with Crippen LogP contribution in [0, 0.1) is 11.8 Å². The van der Waals surface area contributed by atoms with E-state index >= 15 is 0 Å². The van der Waals surface area contributed by atoms with Gasteiger partial charge in [0, 0.05) is 6.54 Å². The monoisotopic (exact) mass is 242 g/mol. The molecule has 0 saturated heterocycles. The number of rotatable bonds is 3. The highest BCUT2D eigenvalue weighted by Gasteiger charge is 2.22. The Morgan fingerprint density at radius 3 is 2.59 bits per heavy atom. The molecular weight excluding hydrogens is 216 g/mol. The molecule has 0 unspecified atom stereocenters. The van der Waals surface area contributed by atoms with Crippen LogP contribution in [0.5, 0.6) is 0 Å². The third-order valence-electron chi connectivity index (χ3n) is 3.16. The summed E-state index contributed by atoms with van der Waals surface area (Å²) in [5.74, 6) is 1.19. The molecule has 0 aromatic heterocycles. The molecule has 0 aromatic carbocycles. The van der Waals surface area contributed by atoms with Crippen molar-refractivity contribution in [1.82, 2.24) is 5.32 Å². The zero-order valence-corrected chi connectivity index (χ0v) is 11.3. The zero-order chi connectivity index (χ0) is 12.9. The molecule has 0 bridgehead atoms. The lowest BCUT2D eigenvalue weighted by Gasteiger charge is -2.28. The van der Waals surface area contributed by atoms with Crippen molar-refractivity contribution in [2.45, 2.75) is 52.1 Å². The Labute approximate surface area is 104 Å². The van der Waals surface area contributed by atoms with Crippen molar-refractivity contribution in [3.63, 3.8) is 0 Å². The standard InChI is InChI=1S/C13H26N2O2/c1-13(2,3)17-12(16)15-9-11-6-4-5-10(7-11)8-14/h10-11H,4-9,14H2,1-3H3,(H,15,16)/t10-,11+/m0/s1. The summed E-state index contributed by atoms with van der Waals surface area (Å²) in [6.45, 7) is 7.10. The van der Waals surface area contributed by atoms with Gasteiger partial charge < -0.3 is 15.8 Å². The van der Waals surface area contributed by atoms with Crippen molar-refractivity contribution in [3.05, 3.63) is 0 Å². The molecule has 17 heavy (non-hydrogen) atoms. The van der Waals surface area contributed by atoms with E-state index < -0.39 is 5.60 Å². The third-order valence-corrected chi connectivity index (χ3v) is 3.16. The van der Waals surface area contributed by atoms with Crippen molar-refractivity contribution < 1.29 is 9.53 Å². The first-order valence-corrected chi connectivity index (χ1v) is 6.57. The van der Waals surface area contributed by atoms with Gasteiger partial charge in [-0.15, -0.1) is 0 Å². The summed E-state index contributed by atoms with van der Waals surface area (Å²) < 4.78 is 5.21. The fraction of sp³-hybridized carbons (Fsp3) is 0.923. The van der Waals surface area contributed by atoms with Crippen molar-refractivity contribution in [3.8, 4) is 0 Å². The summed E-state index contributed by atoms with van der Waals surface area (Å²) in [7, 11) is 0. The molecule has 0 spiro atoms. The van der Waals surface area contributed by atoms with Crippen LogP contribution in [-0.2, 0) is 4.74 Å². The Morgan fingerprint density at radius 1 is 1.35 bits per heavy atom. The van der Waals surface area contributed by atoms with Crippen LogP contribution < -0.4 is 11.1 Å². The Morgan fingerprint density at radius 2 is 2.00 bits per heavy atom. The zero-order valence-electron chi connectivity index (χ0n) is 11.3. The molecule has 0 aromatic rings. The van der Waals surface area contributed by atoms with Gasteiger partial charge in [0.25, 0.3) is 0 Å². The second-order valence-corrected chi connectivity index (χ2v) is 6.02. The summed E-state index contributed by atoms with van der Waals surface area (Å²) in [5.41, 5.74) is 5.27. The van der Waals surface area contributed by atoms with Gasteiger partial charge in [0.15, 0.2) is 0 Å². The van der Waals surface area contributed by atoms with E-state index in [0.717, 1.165) is 13.0 Å². The summed E-state index contributed by atoms with van der Waals surface area (Å²) in [4.78, 5) is 11.5. The molecule has 3 N–H and O–H groups in total. The Hall–Kier alpha value is -0.770. The van der Waals surface area contributed by atoms with Crippen LogP contribution in [0.4, 0.5) is 4.79 Å². The molecule has 1 saturated carbocycles. The molecule has 4 nitrogen and oxygen atoms in total. The van der Waals surface area contributed by atoms with Gasteiger partial charge in [0.2, 0.25) is 0 Å². The number of ether oxygens (including phenoxy) is 1. The number of carbonyl (C=O) groups excluding carboxylic acids is 1. The fourth-order valence-electron chi connectivity index (χ4n) is 2.34. The Bertz CT molecular complexity index is 248. The topological polar surface area (TPSA) is 64.3 Å². The Kier molecular flexibility index (Phi) is 5.25. The molecule has 1 rings (SSSR count). The molecule has 100 valence electrons. The normalized spacial score (nSPS) is 25.4. The molecule has 4 heteroatoms. The molecule has 1 aliphatic carbocycles. The first-order chi connectivity index (χ1) is 7.90. The average Bonchev–Trinajstić information content (AvgIpc) is 2.24. The average molecular weight is 242 g/mol. The van der Waals surface area contributed by atoms with Crippen LogP contribution in [-0.4, -0.2) is 24.8 Å². The van der Waals surface area contributed by atoms with E-state index in [1.165, 1.54) is 19.3 Å². The van der Waals surface area contributed by atoms with E-state index in [4.69, 9.17) is 10.5 Å². The van der Waals surface area contributed by atoms with E-state index in [1.54, 1.807) is 0 Å². The first kappa shape index (κ1) is 14.3. The van der Waals surface area contributed by atoms with Gasteiger partial charge in [0.1, 0.15) is 5.60 Å². The van der Waals surface area contributed by atoms with Gasteiger partial charge in [-0.2, -0.15) is 0 Å². The largest absolute Gasteiger partial charge is 0.444 e. The van der Waals surface area contributed by atoms with Crippen LogP contribution in [0.1, 0.15) is 46.5 Å². The van der Waals surface area contributed by atoms with Gasteiger partial charge in [0.05, 0.1) is 0 Å². The predicted octanol–water partition coefficient (Wildman–Crippen LogP) is 2.28. The van der Waals surface area contributed by atoms with E-state index in [9.17, 15) is 4.79 Å². The molecular formula is C13H26N2O2. The third kappa shape index (κ3) is 5.91. The van der Waals surface area contributed by atoms with Crippen molar-refractivity contribution in [2.75, 3.05) is 13.1 Å². The molecule has 0 aliphatic heterocycles.